The topological polar surface area (TPSA) is 100 Å². The Hall–Kier alpha value is -2.64. The van der Waals surface area contributed by atoms with Gasteiger partial charge in [-0.15, -0.1) is 0 Å². The molecular formula is C23H30ClN5O2. The Kier molecular flexibility index (Phi) is 7.51. The number of halogens is 1. The van der Waals surface area contributed by atoms with E-state index in [1.165, 1.54) is 0 Å². The standard InChI is InChI=1S/C23H30ClN5O2/c1-23(2,17-3-5-18(24)6-4-17)15-27-21(30)20(25)16-9-13-29(14-10-16)22(31)28-19-7-11-26-12-8-19/h3-8,11-12,16,20H,9-10,13-15,25H2,1-2H3,(H,27,30)(H,26,28,31). The smallest absolute Gasteiger partial charge is 0.321 e. The van der Waals surface area contributed by atoms with Crippen molar-refractivity contribution in [2.45, 2.75) is 38.1 Å². The third kappa shape index (κ3) is 6.18. The molecule has 1 saturated heterocycles. The van der Waals surface area contributed by atoms with E-state index < -0.39 is 6.04 Å². The molecule has 8 heteroatoms. The number of urea groups is 1. The second kappa shape index (κ2) is 10.1. The zero-order valence-electron chi connectivity index (χ0n) is 18.0. The molecule has 3 amide bonds. The van der Waals surface area contributed by atoms with Crippen LogP contribution in [0.25, 0.3) is 0 Å². The van der Waals surface area contributed by atoms with E-state index in [2.05, 4.69) is 29.5 Å². The van der Waals surface area contributed by atoms with Crippen LogP contribution < -0.4 is 16.4 Å². The van der Waals surface area contributed by atoms with Crippen LogP contribution >= 0.6 is 11.6 Å². The number of amides is 3. The Morgan fingerprint density at radius 2 is 1.77 bits per heavy atom. The quantitative estimate of drug-likeness (QED) is 0.636. The third-order valence-corrected chi connectivity index (χ3v) is 6.15. The number of nitrogens with two attached hydrogens (primary N) is 1. The van der Waals surface area contributed by atoms with Gasteiger partial charge < -0.3 is 21.3 Å². The first-order valence-corrected chi connectivity index (χ1v) is 10.9. The molecule has 1 unspecified atom stereocenters. The van der Waals surface area contributed by atoms with Gasteiger partial charge in [-0.2, -0.15) is 0 Å². The molecule has 166 valence electrons. The molecule has 0 spiro atoms. The van der Waals surface area contributed by atoms with Crippen molar-refractivity contribution < 1.29 is 9.59 Å². The maximum Gasteiger partial charge on any atom is 0.321 e. The van der Waals surface area contributed by atoms with Crippen LogP contribution in [-0.4, -0.2) is 47.5 Å². The number of rotatable bonds is 6. The maximum atomic E-state index is 12.7. The molecule has 0 radical (unpaired) electrons. The third-order valence-electron chi connectivity index (χ3n) is 5.90. The average molecular weight is 444 g/mol. The van der Waals surface area contributed by atoms with Crippen molar-refractivity contribution in [3.05, 3.63) is 59.4 Å². The molecule has 0 bridgehead atoms. The first-order chi connectivity index (χ1) is 14.8. The van der Waals surface area contributed by atoms with Crippen LogP contribution in [0, 0.1) is 5.92 Å². The van der Waals surface area contributed by atoms with Crippen molar-refractivity contribution in [2.75, 3.05) is 25.0 Å². The Morgan fingerprint density at radius 3 is 2.39 bits per heavy atom. The molecule has 1 aliphatic rings. The number of likely N-dealkylation sites (tertiary alicyclic amines) is 1. The number of benzene rings is 1. The number of carbonyl (C=O) groups excluding carboxylic acids is 2. The van der Waals surface area contributed by atoms with E-state index in [1.54, 1.807) is 29.4 Å². The largest absolute Gasteiger partial charge is 0.354 e. The fourth-order valence-electron chi connectivity index (χ4n) is 3.74. The van der Waals surface area contributed by atoms with Gasteiger partial charge in [0, 0.05) is 48.2 Å². The van der Waals surface area contributed by atoms with Gasteiger partial charge in [-0.25, -0.2) is 4.79 Å². The van der Waals surface area contributed by atoms with E-state index in [9.17, 15) is 9.59 Å². The average Bonchev–Trinajstić information content (AvgIpc) is 2.78. The van der Waals surface area contributed by atoms with Crippen LogP contribution in [0.4, 0.5) is 10.5 Å². The van der Waals surface area contributed by atoms with Crippen LogP contribution in [-0.2, 0) is 10.2 Å². The summed E-state index contributed by atoms with van der Waals surface area (Å²) in [5.41, 5.74) is 7.83. The minimum atomic E-state index is -0.591. The highest BCUT2D eigenvalue weighted by Crippen LogP contribution is 2.25. The zero-order valence-corrected chi connectivity index (χ0v) is 18.7. The van der Waals surface area contributed by atoms with Crippen LogP contribution in [0.1, 0.15) is 32.3 Å². The van der Waals surface area contributed by atoms with Gasteiger partial charge >= 0.3 is 6.03 Å². The van der Waals surface area contributed by atoms with Gasteiger partial charge in [0.25, 0.3) is 0 Å². The predicted molar refractivity (Wildman–Crippen MR) is 123 cm³/mol. The number of carbonyl (C=O) groups is 2. The summed E-state index contributed by atoms with van der Waals surface area (Å²) < 4.78 is 0. The van der Waals surface area contributed by atoms with E-state index in [1.807, 2.05) is 24.3 Å². The van der Waals surface area contributed by atoms with Crippen molar-refractivity contribution in [3.8, 4) is 0 Å². The van der Waals surface area contributed by atoms with Gasteiger partial charge in [0.15, 0.2) is 0 Å². The molecular weight excluding hydrogens is 414 g/mol. The first-order valence-electron chi connectivity index (χ1n) is 10.5. The van der Waals surface area contributed by atoms with Crippen molar-refractivity contribution in [1.29, 1.82) is 0 Å². The molecule has 1 aromatic carbocycles. The van der Waals surface area contributed by atoms with Crippen LogP contribution in [0.2, 0.25) is 5.02 Å². The highest BCUT2D eigenvalue weighted by atomic mass is 35.5. The number of anilines is 1. The molecule has 1 aliphatic heterocycles. The summed E-state index contributed by atoms with van der Waals surface area (Å²) in [7, 11) is 0. The Bertz CT molecular complexity index is 881. The lowest BCUT2D eigenvalue weighted by Gasteiger charge is -2.34. The van der Waals surface area contributed by atoms with E-state index in [0.29, 0.717) is 43.2 Å². The van der Waals surface area contributed by atoms with E-state index in [4.69, 9.17) is 17.3 Å². The number of pyridine rings is 1. The van der Waals surface area contributed by atoms with Gasteiger partial charge in [-0.3, -0.25) is 9.78 Å². The van der Waals surface area contributed by atoms with Gasteiger partial charge in [0.2, 0.25) is 5.91 Å². The van der Waals surface area contributed by atoms with Crippen LogP contribution in [0.5, 0.6) is 0 Å². The van der Waals surface area contributed by atoms with Crippen molar-refractivity contribution >= 4 is 29.2 Å². The Labute approximate surface area is 188 Å². The summed E-state index contributed by atoms with van der Waals surface area (Å²) in [6.45, 7) is 5.76. The zero-order chi connectivity index (χ0) is 22.4. The highest BCUT2D eigenvalue weighted by Gasteiger charge is 2.31. The number of hydrogen-bond donors (Lipinski definition) is 3. The molecule has 1 fully saturated rings. The van der Waals surface area contributed by atoms with Crippen LogP contribution in [0.15, 0.2) is 48.8 Å². The number of nitrogens with one attached hydrogen (secondary N) is 2. The summed E-state index contributed by atoms with van der Waals surface area (Å²) in [4.78, 5) is 30.8. The predicted octanol–water partition coefficient (Wildman–Crippen LogP) is 3.40. The minimum Gasteiger partial charge on any atom is -0.354 e. The number of nitrogens with zero attached hydrogens (tertiary/aromatic N) is 2. The van der Waals surface area contributed by atoms with Crippen molar-refractivity contribution in [3.63, 3.8) is 0 Å². The van der Waals surface area contributed by atoms with Crippen molar-refractivity contribution in [1.82, 2.24) is 15.2 Å². The summed E-state index contributed by atoms with van der Waals surface area (Å²) in [6, 6.07) is 10.4. The summed E-state index contributed by atoms with van der Waals surface area (Å²) in [5.74, 6) is -0.106. The van der Waals surface area contributed by atoms with Gasteiger partial charge in [0.05, 0.1) is 6.04 Å². The fraction of sp³-hybridized carbons (Fsp3) is 0.435. The highest BCUT2D eigenvalue weighted by molar-refractivity contribution is 6.30. The number of aromatic nitrogens is 1. The van der Waals surface area contributed by atoms with Gasteiger partial charge in [-0.05, 0) is 48.6 Å². The molecule has 4 N–H and O–H groups in total. The Balaban J connectivity index is 1.46. The lowest BCUT2D eigenvalue weighted by atomic mass is 9.84. The van der Waals surface area contributed by atoms with Crippen molar-refractivity contribution in [2.24, 2.45) is 11.7 Å². The number of piperidine rings is 1. The summed E-state index contributed by atoms with van der Waals surface area (Å²) in [5, 5.41) is 6.55. The first kappa shape index (κ1) is 23.0. The maximum absolute atomic E-state index is 12.7. The monoisotopic (exact) mass is 443 g/mol. The second-order valence-electron chi connectivity index (χ2n) is 8.62. The van der Waals surface area contributed by atoms with Crippen LogP contribution in [0.3, 0.4) is 0 Å². The molecule has 31 heavy (non-hydrogen) atoms. The molecule has 2 aromatic rings. The molecule has 0 saturated carbocycles. The molecule has 0 aliphatic carbocycles. The number of hydrogen-bond acceptors (Lipinski definition) is 4. The van der Waals surface area contributed by atoms with E-state index in [-0.39, 0.29) is 23.3 Å². The SMILES string of the molecule is CC(C)(CNC(=O)C(N)C1CCN(C(=O)Nc2ccncc2)CC1)c1ccc(Cl)cc1. The fourth-order valence-corrected chi connectivity index (χ4v) is 3.87. The summed E-state index contributed by atoms with van der Waals surface area (Å²) >= 11 is 5.97. The van der Waals surface area contributed by atoms with Gasteiger partial charge in [0.1, 0.15) is 0 Å². The Morgan fingerprint density at radius 1 is 1.16 bits per heavy atom. The molecule has 2 heterocycles. The van der Waals surface area contributed by atoms with Gasteiger partial charge in [-0.1, -0.05) is 37.6 Å². The molecule has 3 rings (SSSR count). The van der Waals surface area contributed by atoms with E-state index in [0.717, 1.165) is 5.56 Å². The summed E-state index contributed by atoms with van der Waals surface area (Å²) in [6.07, 6.45) is 4.65. The lowest BCUT2D eigenvalue weighted by molar-refractivity contribution is -0.124. The molecule has 1 aromatic heterocycles. The van der Waals surface area contributed by atoms with E-state index >= 15 is 0 Å². The minimum absolute atomic E-state index is 0.0450. The molecule has 1 atom stereocenters. The second-order valence-corrected chi connectivity index (χ2v) is 9.06. The lowest BCUT2D eigenvalue weighted by Crippen LogP contribution is -2.52. The molecule has 7 nitrogen and oxygen atoms in total. The normalized spacial score (nSPS) is 15.9.